The first-order valence-electron chi connectivity index (χ1n) is 9.50. The predicted octanol–water partition coefficient (Wildman–Crippen LogP) is 2.76. The van der Waals surface area contributed by atoms with E-state index in [1.165, 1.54) is 23.3 Å². The fraction of sp³-hybridized carbons (Fsp3) is 0.364. The van der Waals surface area contributed by atoms with Gasteiger partial charge < -0.3 is 16.0 Å². The van der Waals surface area contributed by atoms with Crippen molar-refractivity contribution in [1.82, 2.24) is 16.0 Å². The minimum atomic E-state index is -0.332. The number of hydrogen-bond donors (Lipinski definition) is 3. The molecule has 150 valence electrons. The fourth-order valence-electron chi connectivity index (χ4n) is 2.84. The smallest absolute Gasteiger partial charge is 0.224 e. The largest absolute Gasteiger partial charge is 0.356 e. The number of hydrogen-bond acceptors (Lipinski definition) is 2. The lowest BCUT2D eigenvalue weighted by Gasteiger charge is -2.17. The van der Waals surface area contributed by atoms with Crippen LogP contribution in [0.25, 0.3) is 0 Å². The number of amides is 1. The Kier molecular flexibility index (Phi) is 8.46. The molecule has 1 unspecified atom stereocenters. The number of carbonyl (C=O) groups is 1. The SMILES string of the molecule is CN=C(NCCNC(=O)Cc1cccc(F)c1)NCC(C)c1cccc(C)c1. The molecule has 2 rings (SSSR count). The van der Waals surface area contributed by atoms with Gasteiger partial charge in [0.2, 0.25) is 5.91 Å². The van der Waals surface area contributed by atoms with Crippen LogP contribution in [0, 0.1) is 12.7 Å². The molecule has 1 amide bonds. The molecule has 28 heavy (non-hydrogen) atoms. The number of halogens is 1. The molecule has 5 nitrogen and oxygen atoms in total. The van der Waals surface area contributed by atoms with Crippen LogP contribution < -0.4 is 16.0 Å². The number of nitrogens with zero attached hydrogens (tertiary/aromatic N) is 1. The number of nitrogens with one attached hydrogen (secondary N) is 3. The molecule has 0 bridgehead atoms. The number of aliphatic imine (C=N–C) groups is 1. The van der Waals surface area contributed by atoms with Gasteiger partial charge in [0.15, 0.2) is 5.96 Å². The maximum atomic E-state index is 13.1. The Bertz CT molecular complexity index is 807. The Morgan fingerprint density at radius 1 is 1.07 bits per heavy atom. The van der Waals surface area contributed by atoms with E-state index in [-0.39, 0.29) is 18.1 Å². The molecule has 0 aliphatic carbocycles. The molecule has 2 aromatic carbocycles. The molecule has 0 fully saturated rings. The molecule has 0 radical (unpaired) electrons. The topological polar surface area (TPSA) is 65.5 Å². The lowest BCUT2D eigenvalue weighted by atomic mass is 9.99. The zero-order valence-electron chi connectivity index (χ0n) is 16.8. The molecular weight excluding hydrogens is 355 g/mol. The molecule has 0 aliphatic heterocycles. The highest BCUT2D eigenvalue weighted by Crippen LogP contribution is 2.15. The number of rotatable bonds is 8. The molecule has 0 aromatic heterocycles. The summed E-state index contributed by atoms with van der Waals surface area (Å²) in [6, 6.07) is 14.6. The normalized spacial score (nSPS) is 12.4. The maximum Gasteiger partial charge on any atom is 0.224 e. The highest BCUT2D eigenvalue weighted by Gasteiger charge is 2.07. The van der Waals surface area contributed by atoms with Crippen LogP contribution in [-0.4, -0.2) is 38.5 Å². The minimum absolute atomic E-state index is 0.136. The van der Waals surface area contributed by atoms with Crippen LogP contribution in [0.3, 0.4) is 0 Å². The van der Waals surface area contributed by atoms with E-state index in [0.717, 1.165) is 6.54 Å². The Labute approximate surface area is 166 Å². The van der Waals surface area contributed by atoms with E-state index in [2.05, 4.69) is 59.1 Å². The Hall–Kier alpha value is -2.89. The van der Waals surface area contributed by atoms with Gasteiger partial charge in [0.25, 0.3) is 0 Å². The van der Waals surface area contributed by atoms with Gasteiger partial charge in [-0.05, 0) is 36.1 Å². The first-order valence-corrected chi connectivity index (χ1v) is 9.50. The summed E-state index contributed by atoms with van der Waals surface area (Å²) < 4.78 is 13.1. The van der Waals surface area contributed by atoms with Crippen molar-refractivity contribution in [1.29, 1.82) is 0 Å². The van der Waals surface area contributed by atoms with E-state index < -0.39 is 0 Å². The van der Waals surface area contributed by atoms with E-state index >= 15 is 0 Å². The van der Waals surface area contributed by atoms with Crippen molar-refractivity contribution in [2.75, 3.05) is 26.7 Å². The van der Waals surface area contributed by atoms with Gasteiger partial charge >= 0.3 is 0 Å². The molecule has 2 aromatic rings. The first kappa shape index (κ1) is 21.4. The molecule has 6 heteroatoms. The zero-order chi connectivity index (χ0) is 20.4. The third-order valence-electron chi connectivity index (χ3n) is 4.40. The Balaban J connectivity index is 1.67. The van der Waals surface area contributed by atoms with Crippen LogP contribution in [0.2, 0.25) is 0 Å². The van der Waals surface area contributed by atoms with Gasteiger partial charge in [0.1, 0.15) is 5.82 Å². The van der Waals surface area contributed by atoms with Crippen molar-refractivity contribution >= 4 is 11.9 Å². The highest BCUT2D eigenvalue weighted by atomic mass is 19.1. The highest BCUT2D eigenvalue weighted by molar-refractivity contribution is 5.80. The summed E-state index contributed by atoms with van der Waals surface area (Å²) in [6.07, 6.45) is 0.165. The summed E-state index contributed by atoms with van der Waals surface area (Å²) >= 11 is 0. The van der Waals surface area contributed by atoms with Crippen molar-refractivity contribution in [2.24, 2.45) is 4.99 Å². The van der Waals surface area contributed by atoms with Gasteiger partial charge in [-0.25, -0.2) is 4.39 Å². The van der Waals surface area contributed by atoms with Gasteiger partial charge in [-0.1, -0.05) is 48.9 Å². The van der Waals surface area contributed by atoms with E-state index in [9.17, 15) is 9.18 Å². The molecule has 3 N–H and O–H groups in total. The van der Waals surface area contributed by atoms with E-state index in [1.54, 1.807) is 19.2 Å². The van der Waals surface area contributed by atoms with Crippen LogP contribution >= 0.6 is 0 Å². The lowest BCUT2D eigenvalue weighted by molar-refractivity contribution is -0.120. The summed E-state index contributed by atoms with van der Waals surface area (Å²) in [5.41, 5.74) is 3.20. The molecule has 0 spiro atoms. The van der Waals surface area contributed by atoms with Crippen LogP contribution in [0.15, 0.2) is 53.5 Å². The van der Waals surface area contributed by atoms with Gasteiger partial charge in [-0.15, -0.1) is 0 Å². The van der Waals surface area contributed by atoms with Gasteiger partial charge in [0.05, 0.1) is 6.42 Å². The summed E-state index contributed by atoms with van der Waals surface area (Å²) in [7, 11) is 1.72. The van der Waals surface area contributed by atoms with Gasteiger partial charge in [-0.2, -0.15) is 0 Å². The second-order valence-electron chi connectivity index (χ2n) is 6.85. The Morgan fingerprint density at radius 2 is 1.82 bits per heavy atom. The van der Waals surface area contributed by atoms with Crippen molar-refractivity contribution in [3.63, 3.8) is 0 Å². The first-order chi connectivity index (χ1) is 13.5. The second-order valence-corrected chi connectivity index (χ2v) is 6.85. The van der Waals surface area contributed by atoms with Crippen LogP contribution in [0.4, 0.5) is 4.39 Å². The summed E-state index contributed by atoms with van der Waals surface area (Å²) in [6.45, 7) is 6.03. The summed E-state index contributed by atoms with van der Waals surface area (Å²) in [5, 5.41) is 9.31. The molecule has 0 heterocycles. The van der Waals surface area contributed by atoms with Gasteiger partial charge in [0, 0.05) is 26.7 Å². The van der Waals surface area contributed by atoms with Crippen molar-refractivity contribution in [2.45, 2.75) is 26.2 Å². The number of benzene rings is 2. The molecule has 0 saturated heterocycles. The van der Waals surface area contributed by atoms with E-state index in [1.807, 2.05) is 0 Å². The standard InChI is InChI=1S/C22H29FN4O/c1-16-6-4-8-19(12-16)17(2)15-27-22(24-3)26-11-10-25-21(28)14-18-7-5-9-20(23)13-18/h4-9,12-13,17H,10-11,14-15H2,1-3H3,(H,25,28)(H2,24,26,27). The maximum absolute atomic E-state index is 13.1. The van der Waals surface area contributed by atoms with Crippen LogP contribution in [0.1, 0.15) is 29.5 Å². The van der Waals surface area contributed by atoms with Crippen LogP contribution in [0.5, 0.6) is 0 Å². The average molecular weight is 384 g/mol. The molecule has 0 saturated carbocycles. The third-order valence-corrected chi connectivity index (χ3v) is 4.40. The number of carbonyl (C=O) groups excluding carboxylic acids is 1. The average Bonchev–Trinajstić information content (AvgIpc) is 2.67. The van der Waals surface area contributed by atoms with Crippen molar-refractivity contribution in [3.05, 3.63) is 71.0 Å². The van der Waals surface area contributed by atoms with Gasteiger partial charge in [-0.3, -0.25) is 9.79 Å². The van der Waals surface area contributed by atoms with E-state index in [4.69, 9.17) is 0 Å². The van der Waals surface area contributed by atoms with E-state index in [0.29, 0.717) is 30.5 Å². The number of aryl methyl sites for hydroxylation is 1. The van der Waals surface area contributed by atoms with Crippen LogP contribution in [-0.2, 0) is 11.2 Å². The fourth-order valence-corrected chi connectivity index (χ4v) is 2.84. The number of guanidine groups is 1. The molecular formula is C22H29FN4O. The molecule has 1 atom stereocenters. The van der Waals surface area contributed by atoms with Crippen molar-refractivity contribution < 1.29 is 9.18 Å². The zero-order valence-corrected chi connectivity index (χ0v) is 16.8. The molecule has 0 aliphatic rings. The minimum Gasteiger partial charge on any atom is -0.356 e. The lowest BCUT2D eigenvalue weighted by Crippen LogP contribution is -2.42. The summed E-state index contributed by atoms with van der Waals surface area (Å²) in [5.74, 6) is 0.577. The Morgan fingerprint density at radius 3 is 2.54 bits per heavy atom. The third kappa shape index (κ3) is 7.39. The predicted molar refractivity (Wildman–Crippen MR) is 112 cm³/mol. The van der Waals surface area contributed by atoms with Crippen molar-refractivity contribution in [3.8, 4) is 0 Å². The quantitative estimate of drug-likeness (QED) is 0.373. The summed E-state index contributed by atoms with van der Waals surface area (Å²) in [4.78, 5) is 16.1. The second kappa shape index (κ2) is 11.1. The monoisotopic (exact) mass is 384 g/mol.